The summed E-state index contributed by atoms with van der Waals surface area (Å²) in [6.45, 7) is 3.52. The van der Waals surface area contributed by atoms with E-state index >= 15 is 0 Å². The van der Waals surface area contributed by atoms with Gasteiger partial charge < -0.3 is 0 Å². The number of rotatable bonds is 4. The fourth-order valence-corrected chi connectivity index (χ4v) is 1.06. The van der Waals surface area contributed by atoms with Gasteiger partial charge in [-0.1, -0.05) is 24.8 Å². The summed E-state index contributed by atoms with van der Waals surface area (Å²) in [7, 11) is 0. The molecule has 0 aliphatic heterocycles. The van der Waals surface area contributed by atoms with E-state index in [-0.39, 0.29) is 5.91 Å². The first-order valence-corrected chi connectivity index (χ1v) is 4.55. The molecule has 16 heavy (non-hydrogen) atoms. The highest BCUT2D eigenvalue weighted by Crippen LogP contribution is 2.06. The third kappa shape index (κ3) is 3.23. The summed E-state index contributed by atoms with van der Waals surface area (Å²) in [5, 5.41) is 8.49. The topological polar surface area (TPSA) is 87.4 Å². The van der Waals surface area contributed by atoms with E-state index in [0.717, 1.165) is 5.56 Å². The molecule has 1 amide bonds. The van der Waals surface area contributed by atoms with Crippen molar-refractivity contribution >= 4 is 12.0 Å². The van der Waals surface area contributed by atoms with Gasteiger partial charge in [0.25, 0.3) is 5.91 Å². The van der Waals surface area contributed by atoms with E-state index in [2.05, 4.69) is 6.58 Å². The maximum Gasteiger partial charge on any atom is 0.265 e. The molecule has 0 atom stereocenters. The zero-order valence-electron chi connectivity index (χ0n) is 8.60. The molecule has 0 radical (unpaired) electrons. The van der Waals surface area contributed by atoms with Crippen LogP contribution in [0, 0.1) is 0 Å². The minimum Gasteiger partial charge on any atom is -0.291 e. The maximum atomic E-state index is 11.1. The van der Waals surface area contributed by atoms with Crippen LogP contribution in [0.2, 0.25) is 0 Å². The fourth-order valence-electron chi connectivity index (χ4n) is 1.06. The monoisotopic (exact) mass is 219 g/mol. The molecule has 0 spiro atoms. The van der Waals surface area contributed by atoms with E-state index in [0.29, 0.717) is 11.3 Å². The number of hydroxylamine groups is 1. The summed E-state index contributed by atoms with van der Waals surface area (Å²) >= 11 is 0. The van der Waals surface area contributed by atoms with E-state index in [4.69, 9.17) is 11.0 Å². The SMILES string of the molecule is C=C(/C=C/c1ccc(C(=O)NN)cc1)NO. The Morgan fingerprint density at radius 3 is 2.50 bits per heavy atom. The Morgan fingerprint density at radius 1 is 1.38 bits per heavy atom. The lowest BCUT2D eigenvalue weighted by molar-refractivity contribution is 0.0953. The first-order valence-electron chi connectivity index (χ1n) is 4.55. The Morgan fingerprint density at radius 2 is 2.00 bits per heavy atom. The lowest BCUT2D eigenvalue weighted by Gasteiger charge is -2.00. The minimum atomic E-state index is -0.336. The summed E-state index contributed by atoms with van der Waals surface area (Å²) in [6.07, 6.45) is 3.35. The second-order valence-corrected chi connectivity index (χ2v) is 3.07. The molecule has 5 N–H and O–H groups in total. The average Bonchev–Trinajstić information content (AvgIpc) is 2.35. The van der Waals surface area contributed by atoms with Crippen molar-refractivity contribution in [1.29, 1.82) is 0 Å². The van der Waals surface area contributed by atoms with Gasteiger partial charge in [-0.3, -0.25) is 20.9 Å². The number of amides is 1. The first kappa shape index (κ1) is 12.0. The van der Waals surface area contributed by atoms with E-state index in [1.807, 2.05) is 10.9 Å². The molecule has 0 saturated heterocycles. The molecule has 0 aromatic heterocycles. The molecule has 0 unspecified atom stereocenters. The van der Waals surface area contributed by atoms with Crippen LogP contribution in [0.5, 0.6) is 0 Å². The summed E-state index contributed by atoms with van der Waals surface area (Å²) in [5.74, 6) is 4.66. The molecule has 0 heterocycles. The standard InChI is InChI=1S/C11H13N3O2/c1-8(14-16)2-3-9-4-6-10(7-5-9)11(15)13-12/h2-7,14,16H,1,12H2,(H,13,15)/b3-2+. The fraction of sp³-hybridized carbons (Fsp3) is 0. The number of nitrogens with one attached hydrogen (secondary N) is 2. The summed E-state index contributed by atoms with van der Waals surface area (Å²) in [5.41, 5.74) is 5.70. The molecule has 1 aromatic rings. The van der Waals surface area contributed by atoms with Crippen molar-refractivity contribution in [3.05, 3.63) is 53.7 Å². The predicted molar refractivity (Wildman–Crippen MR) is 61.2 cm³/mol. The highest BCUT2D eigenvalue weighted by atomic mass is 16.5. The zero-order valence-corrected chi connectivity index (χ0v) is 8.60. The Balaban J connectivity index is 2.75. The van der Waals surface area contributed by atoms with Gasteiger partial charge in [-0.15, -0.1) is 0 Å². The number of carbonyl (C=O) groups excluding carboxylic acids is 1. The molecule has 0 saturated carbocycles. The normalized spacial score (nSPS) is 10.1. The number of hydrazine groups is 1. The number of allylic oxidation sites excluding steroid dienone is 1. The van der Waals surface area contributed by atoms with Crippen molar-refractivity contribution in [2.45, 2.75) is 0 Å². The molecule has 5 heteroatoms. The van der Waals surface area contributed by atoms with Gasteiger partial charge in [0.15, 0.2) is 0 Å². The highest BCUT2D eigenvalue weighted by Gasteiger charge is 2.00. The third-order valence-corrected chi connectivity index (χ3v) is 1.92. The van der Waals surface area contributed by atoms with Gasteiger partial charge in [-0.05, 0) is 23.8 Å². The second-order valence-electron chi connectivity index (χ2n) is 3.07. The number of carbonyl (C=O) groups is 1. The first-order chi connectivity index (χ1) is 7.67. The van der Waals surface area contributed by atoms with Gasteiger partial charge in [0.05, 0.1) is 5.70 Å². The van der Waals surface area contributed by atoms with Crippen LogP contribution in [0.3, 0.4) is 0 Å². The van der Waals surface area contributed by atoms with Crippen LogP contribution in [-0.2, 0) is 0 Å². The molecule has 0 aliphatic carbocycles. The average molecular weight is 219 g/mol. The van der Waals surface area contributed by atoms with Crippen molar-refractivity contribution < 1.29 is 10.0 Å². The molecular weight excluding hydrogens is 206 g/mol. The smallest absolute Gasteiger partial charge is 0.265 e. The summed E-state index contributed by atoms with van der Waals surface area (Å²) in [6, 6.07) is 6.81. The number of nitrogens with two attached hydrogens (primary N) is 1. The second kappa shape index (κ2) is 5.69. The Kier molecular flexibility index (Phi) is 4.26. The van der Waals surface area contributed by atoms with E-state index in [1.54, 1.807) is 36.4 Å². The van der Waals surface area contributed by atoms with Crippen LogP contribution in [0.15, 0.2) is 42.6 Å². The lowest BCUT2D eigenvalue weighted by Crippen LogP contribution is -2.29. The Bertz CT molecular complexity index is 410. The summed E-state index contributed by atoms with van der Waals surface area (Å²) < 4.78 is 0. The molecule has 84 valence electrons. The quantitative estimate of drug-likeness (QED) is 0.261. The summed E-state index contributed by atoms with van der Waals surface area (Å²) in [4.78, 5) is 11.1. The molecule has 5 nitrogen and oxygen atoms in total. The van der Waals surface area contributed by atoms with Gasteiger partial charge >= 0.3 is 0 Å². The van der Waals surface area contributed by atoms with Crippen LogP contribution in [0.4, 0.5) is 0 Å². The third-order valence-electron chi connectivity index (χ3n) is 1.92. The molecule has 0 fully saturated rings. The van der Waals surface area contributed by atoms with Crippen molar-refractivity contribution in [2.75, 3.05) is 0 Å². The maximum absolute atomic E-state index is 11.1. The van der Waals surface area contributed by atoms with E-state index in [9.17, 15) is 4.79 Å². The molecule has 1 rings (SSSR count). The zero-order chi connectivity index (χ0) is 12.0. The number of nitrogen functional groups attached to an aromatic ring is 1. The minimum absolute atomic E-state index is 0.336. The van der Waals surface area contributed by atoms with Crippen LogP contribution in [0.25, 0.3) is 6.08 Å². The van der Waals surface area contributed by atoms with Gasteiger partial charge in [0.2, 0.25) is 0 Å². The predicted octanol–water partition coefficient (Wildman–Crippen LogP) is 0.796. The highest BCUT2D eigenvalue weighted by molar-refractivity contribution is 5.93. The molecular formula is C11H13N3O2. The van der Waals surface area contributed by atoms with Gasteiger partial charge in [0, 0.05) is 5.56 Å². The van der Waals surface area contributed by atoms with Gasteiger partial charge in [-0.25, -0.2) is 5.84 Å². The van der Waals surface area contributed by atoms with Crippen LogP contribution < -0.4 is 16.7 Å². The Labute approximate surface area is 93.2 Å². The Hall–Kier alpha value is -2.11. The van der Waals surface area contributed by atoms with Crippen LogP contribution in [-0.4, -0.2) is 11.1 Å². The number of benzene rings is 1. The van der Waals surface area contributed by atoms with Gasteiger partial charge in [0.1, 0.15) is 0 Å². The van der Waals surface area contributed by atoms with E-state index < -0.39 is 0 Å². The molecule has 1 aromatic carbocycles. The van der Waals surface area contributed by atoms with Crippen molar-refractivity contribution in [1.82, 2.24) is 10.9 Å². The van der Waals surface area contributed by atoms with Crippen molar-refractivity contribution in [2.24, 2.45) is 5.84 Å². The lowest BCUT2D eigenvalue weighted by atomic mass is 10.1. The van der Waals surface area contributed by atoms with Crippen LogP contribution in [0.1, 0.15) is 15.9 Å². The van der Waals surface area contributed by atoms with Gasteiger partial charge in [-0.2, -0.15) is 0 Å². The van der Waals surface area contributed by atoms with Crippen molar-refractivity contribution in [3.8, 4) is 0 Å². The van der Waals surface area contributed by atoms with Crippen LogP contribution >= 0.6 is 0 Å². The van der Waals surface area contributed by atoms with Crippen molar-refractivity contribution in [3.63, 3.8) is 0 Å². The number of hydrogen-bond acceptors (Lipinski definition) is 4. The number of hydrogen-bond donors (Lipinski definition) is 4. The largest absolute Gasteiger partial charge is 0.291 e. The molecule has 0 bridgehead atoms. The molecule has 0 aliphatic rings. The van der Waals surface area contributed by atoms with E-state index in [1.165, 1.54) is 0 Å².